The summed E-state index contributed by atoms with van der Waals surface area (Å²) in [5, 5.41) is 20.8. The average Bonchev–Trinajstić information content (AvgIpc) is 3.24. The first-order valence-corrected chi connectivity index (χ1v) is 10.2. The molecule has 1 atom stereocenters. The van der Waals surface area contributed by atoms with Crippen LogP contribution in [0, 0.1) is 0 Å². The molecule has 5 N–H and O–H groups in total. The minimum absolute atomic E-state index is 0.0483. The highest BCUT2D eigenvalue weighted by molar-refractivity contribution is 6.30. The number of halogens is 1. The van der Waals surface area contributed by atoms with Crippen LogP contribution >= 0.6 is 11.6 Å². The number of carbonyl (C=O) groups is 1. The molecule has 1 aromatic carbocycles. The number of benzene rings is 1. The highest BCUT2D eigenvalue weighted by Gasteiger charge is 2.39. The molecule has 3 heterocycles. The minimum Gasteiger partial charge on any atom is -0.396 e. The summed E-state index contributed by atoms with van der Waals surface area (Å²) in [4.78, 5) is 23.7. The molecule has 30 heavy (non-hydrogen) atoms. The average molecular weight is 430 g/mol. The highest BCUT2D eigenvalue weighted by Crippen LogP contribution is 2.28. The Morgan fingerprint density at radius 1 is 1.30 bits per heavy atom. The van der Waals surface area contributed by atoms with Crippen LogP contribution in [0.3, 0.4) is 0 Å². The number of nitrogens with one attached hydrogen (secondary N) is 2. The topological polar surface area (TPSA) is 133 Å². The van der Waals surface area contributed by atoms with E-state index in [-0.39, 0.29) is 18.6 Å². The molecule has 0 saturated carbocycles. The lowest BCUT2D eigenvalue weighted by Gasteiger charge is -2.39. The summed E-state index contributed by atoms with van der Waals surface area (Å²) in [6.07, 6.45) is 4.56. The van der Waals surface area contributed by atoms with Gasteiger partial charge in [0.25, 0.3) is 0 Å². The number of nitrogens with zero attached hydrogens (tertiary/aromatic N) is 4. The van der Waals surface area contributed by atoms with Crippen molar-refractivity contribution >= 4 is 34.4 Å². The number of hydrogen-bond donors (Lipinski definition) is 4. The number of nitrogens with two attached hydrogens (primary N) is 1. The molecule has 1 aliphatic heterocycles. The molecule has 0 radical (unpaired) electrons. The van der Waals surface area contributed by atoms with Crippen LogP contribution in [0.25, 0.3) is 11.0 Å². The number of H-pyrrole nitrogens is 1. The van der Waals surface area contributed by atoms with Gasteiger partial charge >= 0.3 is 0 Å². The van der Waals surface area contributed by atoms with Gasteiger partial charge in [-0.2, -0.15) is 5.10 Å². The summed E-state index contributed by atoms with van der Waals surface area (Å²) in [5.74, 6) is 0.572. The number of fused-ring (bicyclic) bond motifs is 1. The Bertz CT molecular complexity index is 1020. The summed E-state index contributed by atoms with van der Waals surface area (Å²) in [7, 11) is 0. The van der Waals surface area contributed by atoms with Gasteiger partial charge in [0.05, 0.1) is 23.2 Å². The summed E-state index contributed by atoms with van der Waals surface area (Å²) in [6, 6.07) is 6.90. The zero-order valence-corrected chi connectivity index (χ0v) is 17.1. The predicted molar refractivity (Wildman–Crippen MR) is 114 cm³/mol. The quantitative estimate of drug-likeness (QED) is 0.467. The van der Waals surface area contributed by atoms with Crippen LogP contribution in [0.15, 0.2) is 36.8 Å². The van der Waals surface area contributed by atoms with Crippen molar-refractivity contribution in [2.24, 2.45) is 5.73 Å². The van der Waals surface area contributed by atoms with Gasteiger partial charge in [-0.1, -0.05) is 23.7 Å². The fourth-order valence-corrected chi connectivity index (χ4v) is 3.92. The highest BCUT2D eigenvalue weighted by atomic mass is 35.5. The van der Waals surface area contributed by atoms with Crippen LogP contribution in [0.4, 0.5) is 5.82 Å². The van der Waals surface area contributed by atoms with E-state index in [0.29, 0.717) is 43.0 Å². The smallest absolute Gasteiger partial charge is 0.240 e. The molecule has 3 aromatic rings. The fraction of sp³-hybridized carbons (Fsp3) is 0.400. The largest absolute Gasteiger partial charge is 0.396 e. The van der Waals surface area contributed by atoms with E-state index in [1.54, 1.807) is 18.3 Å². The summed E-state index contributed by atoms with van der Waals surface area (Å²) < 4.78 is 0. The van der Waals surface area contributed by atoms with Crippen molar-refractivity contribution in [1.29, 1.82) is 0 Å². The van der Waals surface area contributed by atoms with Gasteiger partial charge in [-0.05, 0) is 37.0 Å². The number of anilines is 1. The molecule has 0 aliphatic carbocycles. The summed E-state index contributed by atoms with van der Waals surface area (Å²) in [6.45, 7) is 1.13. The van der Waals surface area contributed by atoms with Crippen molar-refractivity contribution in [3.8, 4) is 0 Å². The number of hydrogen-bond acceptors (Lipinski definition) is 7. The maximum absolute atomic E-state index is 13.1. The van der Waals surface area contributed by atoms with E-state index >= 15 is 0 Å². The fourth-order valence-electron chi connectivity index (χ4n) is 3.80. The molecule has 2 aromatic heterocycles. The SMILES string of the molecule is NC1(C(=O)NC(CCO)c2ccc(Cl)cc2)CCN(c2ncnc3[nH]ncc23)CC1. The van der Waals surface area contributed by atoms with Crippen LogP contribution in [-0.4, -0.2) is 56.4 Å². The summed E-state index contributed by atoms with van der Waals surface area (Å²) in [5.41, 5.74) is 7.08. The second-order valence-electron chi connectivity index (χ2n) is 7.56. The maximum Gasteiger partial charge on any atom is 0.240 e. The lowest BCUT2D eigenvalue weighted by atomic mass is 9.87. The molecule has 1 fully saturated rings. The van der Waals surface area contributed by atoms with E-state index in [4.69, 9.17) is 17.3 Å². The van der Waals surface area contributed by atoms with Crippen LogP contribution < -0.4 is 16.0 Å². The van der Waals surface area contributed by atoms with Gasteiger partial charge in [0.1, 0.15) is 12.1 Å². The molecule has 10 heteroatoms. The van der Waals surface area contributed by atoms with Crippen molar-refractivity contribution in [2.45, 2.75) is 30.8 Å². The lowest BCUT2D eigenvalue weighted by Crippen LogP contribution is -2.60. The third-order valence-corrected chi connectivity index (χ3v) is 5.88. The molecule has 1 saturated heterocycles. The maximum atomic E-state index is 13.1. The zero-order chi connectivity index (χ0) is 21.1. The van der Waals surface area contributed by atoms with Gasteiger partial charge in [0.2, 0.25) is 5.91 Å². The Labute approximate surface area is 178 Å². The molecule has 1 unspecified atom stereocenters. The van der Waals surface area contributed by atoms with Crippen molar-refractivity contribution in [3.05, 3.63) is 47.4 Å². The molecule has 4 rings (SSSR count). The van der Waals surface area contributed by atoms with E-state index in [9.17, 15) is 9.90 Å². The monoisotopic (exact) mass is 429 g/mol. The normalized spacial score (nSPS) is 17.1. The van der Waals surface area contributed by atoms with Gasteiger partial charge in [-0.25, -0.2) is 9.97 Å². The second-order valence-corrected chi connectivity index (χ2v) is 8.00. The Morgan fingerprint density at radius 3 is 2.73 bits per heavy atom. The van der Waals surface area contributed by atoms with Gasteiger partial charge in [0, 0.05) is 24.7 Å². The van der Waals surface area contributed by atoms with E-state index < -0.39 is 5.54 Å². The van der Waals surface area contributed by atoms with Gasteiger partial charge in [0.15, 0.2) is 5.65 Å². The minimum atomic E-state index is -0.987. The third kappa shape index (κ3) is 4.09. The first kappa shape index (κ1) is 20.5. The second kappa shape index (κ2) is 8.55. The number of aliphatic hydroxyl groups excluding tert-OH is 1. The Hall–Kier alpha value is -2.75. The van der Waals surface area contributed by atoms with Gasteiger partial charge < -0.3 is 21.1 Å². The van der Waals surface area contributed by atoms with E-state index in [0.717, 1.165) is 16.8 Å². The first-order chi connectivity index (χ1) is 14.5. The molecular formula is C20H24ClN7O2. The molecule has 0 spiro atoms. The van der Waals surface area contributed by atoms with Crippen LogP contribution in [0.2, 0.25) is 5.02 Å². The molecule has 1 amide bonds. The van der Waals surface area contributed by atoms with E-state index in [2.05, 4.69) is 30.4 Å². The third-order valence-electron chi connectivity index (χ3n) is 5.63. The number of piperidine rings is 1. The van der Waals surface area contributed by atoms with E-state index in [1.807, 2.05) is 12.1 Å². The van der Waals surface area contributed by atoms with Gasteiger partial charge in [-0.15, -0.1) is 0 Å². The number of aromatic nitrogens is 4. The summed E-state index contributed by atoms with van der Waals surface area (Å²) >= 11 is 5.96. The molecule has 0 bridgehead atoms. The van der Waals surface area contributed by atoms with Crippen LogP contribution in [0.5, 0.6) is 0 Å². The number of aromatic amines is 1. The Morgan fingerprint density at radius 2 is 2.03 bits per heavy atom. The lowest BCUT2D eigenvalue weighted by molar-refractivity contribution is -0.128. The molecule has 158 valence electrons. The number of carbonyl (C=O) groups excluding carboxylic acids is 1. The number of amides is 1. The number of rotatable bonds is 6. The first-order valence-electron chi connectivity index (χ1n) is 9.85. The molecule has 9 nitrogen and oxygen atoms in total. The van der Waals surface area contributed by atoms with Crippen LogP contribution in [-0.2, 0) is 4.79 Å². The molecular weight excluding hydrogens is 406 g/mol. The van der Waals surface area contributed by atoms with Crippen molar-refractivity contribution in [1.82, 2.24) is 25.5 Å². The standard InChI is InChI=1S/C20H24ClN7O2/c21-14-3-1-13(2-4-14)16(5-10-29)26-19(30)20(22)6-8-28(9-7-20)18-15-11-25-27-17(15)23-12-24-18/h1-4,11-12,16,29H,5-10,22H2,(H,26,30)(H,23,24,25,27). The van der Waals surface area contributed by atoms with Crippen LogP contribution in [0.1, 0.15) is 30.9 Å². The van der Waals surface area contributed by atoms with Crippen molar-refractivity contribution in [3.63, 3.8) is 0 Å². The Balaban J connectivity index is 1.44. The van der Waals surface area contributed by atoms with Crippen molar-refractivity contribution in [2.75, 3.05) is 24.6 Å². The van der Waals surface area contributed by atoms with Gasteiger partial charge in [-0.3, -0.25) is 9.89 Å². The molecule has 1 aliphatic rings. The predicted octanol–water partition coefficient (Wildman–Crippen LogP) is 1.54. The Kier molecular flexibility index (Phi) is 5.85. The zero-order valence-electron chi connectivity index (χ0n) is 16.4. The van der Waals surface area contributed by atoms with Crippen molar-refractivity contribution < 1.29 is 9.90 Å². The van der Waals surface area contributed by atoms with E-state index in [1.165, 1.54) is 6.33 Å². The number of aliphatic hydroxyl groups is 1.